The number of aryl methyl sites for hydroxylation is 1. The van der Waals surface area contributed by atoms with Crippen LogP contribution in [0, 0.1) is 6.92 Å². The predicted molar refractivity (Wildman–Crippen MR) is 48.4 cm³/mol. The molecule has 1 aromatic carbocycles. The second-order valence-electron chi connectivity index (χ2n) is 2.25. The van der Waals surface area contributed by atoms with Crippen LogP contribution in [0.4, 0.5) is 4.79 Å². The number of rotatable bonds is 1. The van der Waals surface area contributed by atoms with Crippen LogP contribution >= 0.6 is 0 Å². The van der Waals surface area contributed by atoms with Crippen molar-refractivity contribution in [1.29, 1.82) is 0 Å². The van der Waals surface area contributed by atoms with Crippen LogP contribution in [0.25, 0.3) is 0 Å². The van der Waals surface area contributed by atoms with Crippen molar-refractivity contribution in [3.8, 4) is 5.75 Å². The van der Waals surface area contributed by atoms with Gasteiger partial charge in [-0.15, -0.1) is 0 Å². The number of benzene rings is 1. The summed E-state index contributed by atoms with van der Waals surface area (Å²) in [6, 6.07) is 7.94. The molecule has 0 fully saturated rings. The minimum absolute atomic E-state index is 0.956. The van der Waals surface area contributed by atoms with E-state index in [0.717, 1.165) is 5.75 Å². The lowest BCUT2D eigenvalue weighted by Crippen LogP contribution is -1.84. The van der Waals surface area contributed by atoms with Crippen molar-refractivity contribution >= 4 is 6.16 Å². The van der Waals surface area contributed by atoms with E-state index in [1.54, 1.807) is 7.11 Å². The van der Waals surface area contributed by atoms with Crippen molar-refractivity contribution in [3.63, 3.8) is 0 Å². The molecule has 0 spiro atoms. The predicted octanol–water partition coefficient (Wildman–Crippen LogP) is 2.23. The summed E-state index contributed by atoms with van der Waals surface area (Å²) in [5.74, 6) is 0.956. The van der Waals surface area contributed by atoms with Crippen LogP contribution in [0.1, 0.15) is 5.56 Å². The monoisotopic (exact) mass is 184 g/mol. The highest BCUT2D eigenvalue weighted by Gasteiger charge is 1.90. The van der Waals surface area contributed by atoms with Gasteiger partial charge in [0.2, 0.25) is 0 Å². The molecule has 0 saturated heterocycles. The Labute approximate surface area is 76.4 Å². The minimum atomic E-state index is -1.83. The lowest BCUT2D eigenvalue weighted by atomic mass is 10.2. The topological polar surface area (TPSA) is 66.8 Å². The highest BCUT2D eigenvalue weighted by atomic mass is 16.6. The van der Waals surface area contributed by atoms with Gasteiger partial charge in [0, 0.05) is 0 Å². The molecule has 0 unspecified atom stereocenters. The number of hydrogen-bond donors (Lipinski definition) is 2. The molecule has 0 aliphatic heterocycles. The Morgan fingerprint density at radius 3 is 2.08 bits per heavy atom. The Morgan fingerprint density at radius 2 is 1.77 bits per heavy atom. The summed E-state index contributed by atoms with van der Waals surface area (Å²) in [7, 11) is 1.68. The summed E-state index contributed by atoms with van der Waals surface area (Å²) in [6.45, 7) is 2.03. The average molecular weight is 184 g/mol. The third-order valence-electron chi connectivity index (χ3n) is 1.31. The lowest BCUT2D eigenvalue weighted by molar-refractivity contribution is 0.137. The average Bonchev–Trinajstić information content (AvgIpc) is 2.04. The summed E-state index contributed by atoms with van der Waals surface area (Å²) >= 11 is 0. The van der Waals surface area contributed by atoms with E-state index in [-0.39, 0.29) is 0 Å². The first-order valence-corrected chi connectivity index (χ1v) is 3.59. The molecule has 0 bridgehead atoms. The molecule has 0 saturated carbocycles. The Hall–Kier alpha value is -1.71. The van der Waals surface area contributed by atoms with Crippen molar-refractivity contribution in [2.45, 2.75) is 6.92 Å². The molecule has 0 amide bonds. The van der Waals surface area contributed by atoms with Gasteiger partial charge in [-0.05, 0) is 18.6 Å². The highest BCUT2D eigenvalue weighted by Crippen LogP contribution is 2.14. The van der Waals surface area contributed by atoms with E-state index in [9.17, 15) is 0 Å². The van der Waals surface area contributed by atoms with Gasteiger partial charge < -0.3 is 14.9 Å². The first-order valence-electron chi connectivity index (χ1n) is 3.59. The van der Waals surface area contributed by atoms with Crippen LogP contribution in [0.2, 0.25) is 0 Å². The molecule has 4 nitrogen and oxygen atoms in total. The van der Waals surface area contributed by atoms with Crippen molar-refractivity contribution in [3.05, 3.63) is 29.8 Å². The van der Waals surface area contributed by atoms with Gasteiger partial charge in [0.25, 0.3) is 0 Å². The van der Waals surface area contributed by atoms with E-state index < -0.39 is 6.16 Å². The summed E-state index contributed by atoms with van der Waals surface area (Å²) in [6.07, 6.45) is -1.83. The normalized spacial score (nSPS) is 8.15. The largest absolute Gasteiger partial charge is 0.503 e. The smallest absolute Gasteiger partial charge is 0.496 e. The molecular weight excluding hydrogens is 172 g/mol. The van der Waals surface area contributed by atoms with Crippen molar-refractivity contribution < 1.29 is 19.7 Å². The first-order chi connectivity index (χ1) is 6.07. The number of hydrogen-bond acceptors (Lipinski definition) is 2. The van der Waals surface area contributed by atoms with E-state index in [1.807, 2.05) is 31.2 Å². The quantitative estimate of drug-likeness (QED) is 0.702. The molecule has 4 heteroatoms. The molecule has 0 aliphatic rings. The summed E-state index contributed by atoms with van der Waals surface area (Å²) < 4.78 is 5.04. The van der Waals surface area contributed by atoms with E-state index in [1.165, 1.54) is 5.56 Å². The molecule has 1 aromatic rings. The van der Waals surface area contributed by atoms with Gasteiger partial charge in [-0.1, -0.05) is 18.2 Å². The molecule has 0 radical (unpaired) electrons. The number of carboxylic acid groups (broad SMARTS) is 2. The van der Waals surface area contributed by atoms with E-state index in [0.29, 0.717) is 0 Å². The number of ether oxygens (including phenoxy) is 1. The third kappa shape index (κ3) is 5.55. The van der Waals surface area contributed by atoms with E-state index in [4.69, 9.17) is 19.7 Å². The van der Waals surface area contributed by atoms with Crippen LogP contribution < -0.4 is 4.74 Å². The minimum Gasteiger partial charge on any atom is -0.496 e. The van der Waals surface area contributed by atoms with Crippen LogP contribution in [-0.4, -0.2) is 23.5 Å². The maximum atomic E-state index is 8.56. The van der Waals surface area contributed by atoms with Crippen LogP contribution in [-0.2, 0) is 0 Å². The molecule has 13 heavy (non-hydrogen) atoms. The SMILES string of the molecule is COc1ccccc1C.O=C(O)O. The first kappa shape index (κ1) is 11.3. The Balaban J connectivity index is 0.000000310. The van der Waals surface area contributed by atoms with Gasteiger partial charge >= 0.3 is 6.16 Å². The number of carbonyl (C=O) groups is 1. The molecule has 0 aromatic heterocycles. The third-order valence-corrected chi connectivity index (χ3v) is 1.31. The molecular formula is C9H12O4. The Bertz CT molecular complexity index is 266. The maximum Gasteiger partial charge on any atom is 0.503 e. The van der Waals surface area contributed by atoms with Gasteiger partial charge in [-0.3, -0.25) is 0 Å². The second-order valence-corrected chi connectivity index (χ2v) is 2.25. The molecule has 2 N–H and O–H groups in total. The fourth-order valence-electron chi connectivity index (χ4n) is 0.785. The summed E-state index contributed by atoms with van der Waals surface area (Å²) in [5.41, 5.74) is 1.18. The maximum absolute atomic E-state index is 8.56. The fourth-order valence-corrected chi connectivity index (χ4v) is 0.785. The van der Waals surface area contributed by atoms with Gasteiger partial charge in [-0.25, -0.2) is 4.79 Å². The fraction of sp³-hybridized carbons (Fsp3) is 0.222. The van der Waals surface area contributed by atoms with Crippen LogP contribution in [0.15, 0.2) is 24.3 Å². The Kier molecular flexibility index (Phi) is 5.11. The molecule has 72 valence electrons. The zero-order chi connectivity index (χ0) is 10.3. The Morgan fingerprint density at radius 1 is 1.31 bits per heavy atom. The lowest BCUT2D eigenvalue weighted by Gasteiger charge is -2.00. The summed E-state index contributed by atoms with van der Waals surface area (Å²) in [4.78, 5) is 8.56. The zero-order valence-corrected chi connectivity index (χ0v) is 7.52. The molecule has 1 rings (SSSR count). The van der Waals surface area contributed by atoms with Gasteiger partial charge in [0.05, 0.1) is 7.11 Å². The van der Waals surface area contributed by atoms with Crippen LogP contribution in [0.5, 0.6) is 5.75 Å². The van der Waals surface area contributed by atoms with Crippen LogP contribution in [0.3, 0.4) is 0 Å². The molecule has 0 atom stereocenters. The summed E-state index contributed by atoms with van der Waals surface area (Å²) in [5, 5.41) is 13.9. The van der Waals surface area contributed by atoms with Gasteiger partial charge in [0.15, 0.2) is 0 Å². The zero-order valence-electron chi connectivity index (χ0n) is 7.52. The second kappa shape index (κ2) is 5.88. The number of para-hydroxylation sites is 1. The van der Waals surface area contributed by atoms with Crippen molar-refractivity contribution in [2.24, 2.45) is 0 Å². The van der Waals surface area contributed by atoms with Crippen molar-refractivity contribution in [2.75, 3.05) is 7.11 Å². The molecule has 0 heterocycles. The van der Waals surface area contributed by atoms with E-state index >= 15 is 0 Å². The number of methoxy groups -OCH3 is 1. The van der Waals surface area contributed by atoms with Gasteiger partial charge in [-0.2, -0.15) is 0 Å². The van der Waals surface area contributed by atoms with Crippen molar-refractivity contribution in [1.82, 2.24) is 0 Å². The van der Waals surface area contributed by atoms with Gasteiger partial charge in [0.1, 0.15) is 5.75 Å². The van der Waals surface area contributed by atoms with E-state index in [2.05, 4.69) is 0 Å². The highest BCUT2D eigenvalue weighted by molar-refractivity contribution is 5.53. The standard InChI is InChI=1S/C8H10O.CH2O3/c1-7-5-3-4-6-8(7)9-2;2-1(3)4/h3-6H,1-2H3;(H2,2,3,4). The molecule has 0 aliphatic carbocycles.